The second kappa shape index (κ2) is 7.72. The minimum absolute atomic E-state index is 0.0377. The molecule has 2 aliphatic heterocycles. The molecule has 6 heteroatoms. The van der Waals surface area contributed by atoms with Crippen molar-refractivity contribution in [1.82, 2.24) is 4.90 Å². The van der Waals surface area contributed by atoms with Crippen LogP contribution in [0.2, 0.25) is 0 Å². The van der Waals surface area contributed by atoms with E-state index < -0.39 is 4.87 Å². The number of nitrogens with zero attached hydrogens (tertiary/aromatic N) is 3. The van der Waals surface area contributed by atoms with E-state index in [2.05, 4.69) is 12.1 Å². The highest BCUT2D eigenvalue weighted by Crippen LogP contribution is 2.55. The van der Waals surface area contributed by atoms with E-state index in [9.17, 15) is 14.9 Å². The van der Waals surface area contributed by atoms with Gasteiger partial charge in [-0.3, -0.25) is 9.59 Å². The highest BCUT2D eigenvalue weighted by atomic mass is 32.2. The third-order valence-electron chi connectivity index (χ3n) is 6.72. The highest BCUT2D eigenvalue weighted by Gasteiger charge is 2.59. The summed E-state index contributed by atoms with van der Waals surface area (Å²) in [5, 5.41) is 9.25. The summed E-state index contributed by atoms with van der Waals surface area (Å²) in [5.74, 6) is 0.897. The molecule has 1 atom stereocenters. The van der Waals surface area contributed by atoms with E-state index in [0.717, 1.165) is 53.8 Å². The van der Waals surface area contributed by atoms with E-state index in [1.165, 1.54) is 0 Å². The van der Waals surface area contributed by atoms with Crippen LogP contribution in [0.5, 0.6) is 0 Å². The Morgan fingerprint density at radius 3 is 2.81 bits per heavy atom. The number of hydrogen-bond donors (Lipinski definition) is 0. The van der Waals surface area contributed by atoms with Gasteiger partial charge in [0.25, 0.3) is 5.91 Å². The van der Waals surface area contributed by atoms with Crippen LogP contribution in [-0.4, -0.2) is 29.0 Å². The number of rotatable bonds is 3. The average molecular weight is 432 g/mol. The summed E-state index contributed by atoms with van der Waals surface area (Å²) in [6.07, 6.45) is 4.04. The predicted octanol–water partition coefficient (Wildman–Crippen LogP) is 4.33. The molecule has 1 saturated heterocycles. The molecule has 2 aromatic rings. The molecule has 0 aromatic heterocycles. The first-order valence-electron chi connectivity index (χ1n) is 10.9. The third kappa shape index (κ3) is 3.14. The zero-order valence-corrected chi connectivity index (χ0v) is 18.5. The molecule has 3 aliphatic rings. The van der Waals surface area contributed by atoms with Gasteiger partial charge >= 0.3 is 0 Å². The Kier molecular flexibility index (Phi) is 5.02. The predicted molar refractivity (Wildman–Crippen MR) is 121 cm³/mol. The maximum absolute atomic E-state index is 14.0. The van der Waals surface area contributed by atoms with E-state index in [0.29, 0.717) is 18.7 Å². The Morgan fingerprint density at radius 2 is 2.03 bits per heavy atom. The number of thioether (sulfide) groups is 1. The van der Waals surface area contributed by atoms with Crippen molar-refractivity contribution in [3.05, 3.63) is 64.7 Å². The van der Waals surface area contributed by atoms with Crippen LogP contribution in [0.15, 0.2) is 42.5 Å². The minimum atomic E-state index is -0.964. The second-order valence-electron chi connectivity index (χ2n) is 8.69. The van der Waals surface area contributed by atoms with Gasteiger partial charge in [-0.05, 0) is 43.5 Å². The topological polar surface area (TPSA) is 64.4 Å². The van der Waals surface area contributed by atoms with Crippen LogP contribution in [0, 0.1) is 24.2 Å². The van der Waals surface area contributed by atoms with E-state index in [4.69, 9.17) is 0 Å². The van der Waals surface area contributed by atoms with Crippen molar-refractivity contribution >= 4 is 29.3 Å². The lowest BCUT2D eigenvalue weighted by molar-refractivity contribution is -0.143. The molecule has 2 aromatic carbocycles. The molecule has 0 radical (unpaired) electrons. The van der Waals surface area contributed by atoms with Crippen LogP contribution < -0.4 is 4.90 Å². The van der Waals surface area contributed by atoms with Gasteiger partial charge < -0.3 is 9.80 Å². The first-order valence-corrected chi connectivity index (χ1v) is 11.9. The molecule has 1 saturated carbocycles. The number of carbonyl (C=O) groups is 2. The first-order chi connectivity index (χ1) is 15.0. The Hall–Kier alpha value is -2.78. The van der Waals surface area contributed by atoms with E-state index in [-0.39, 0.29) is 17.7 Å². The van der Waals surface area contributed by atoms with Crippen molar-refractivity contribution in [2.45, 2.75) is 44.0 Å². The van der Waals surface area contributed by atoms with Crippen LogP contribution in [0.25, 0.3) is 0 Å². The lowest BCUT2D eigenvalue weighted by atomic mass is 10.00. The number of hydrogen-bond acceptors (Lipinski definition) is 4. The maximum atomic E-state index is 14.0. The van der Waals surface area contributed by atoms with Crippen LogP contribution in [0.1, 0.15) is 47.9 Å². The van der Waals surface area contributed by atoms with Gasteiger partial charge in [-0.15, -0.1) is 11.8 Å². The largest absolute Gasteiger partial charge is 0.315 e. The zero-order valence-electron chi connectivity index (χ0n) is 17.6. The average Bonchev–Trinajstić information content (AvgIpc) is 3.51. The van der Waals surface area contributed by atoms with E-state index in [1.54, 1.807) is 22.7 Å². The van der Waals surface area contributed by atoms with Crippen molar-refractivity contribution in [2.24, 2.45) is 5.92 Å². The standard InChI is InChI=1S/C25H25N3O2S/c1-17-9-10-22-21(13-17)25(28(11-12-31-25)23(29)20-7-2-3-8-20)24(30)27(22)16-19-6-4-5-18(14-19)15-26/h4-6,9-10,13-14,20H,2-3,7-8,11-12,16H2,1H3/t25-/m1/s1. The lowest BCUT2D eigenvalue weighted by Crippen LogP contribution is -2.51. The smallest absolute Gasteiger partial charge is 0.268 e. The quantitative estimate of drug-likeness (QED) is 0.726. The molecule has 158 valence electrons. The number of anilines is 1. The zero-order chi connectivity index (χ0) is 21.6. The van der Waals surface area contributed by atoms with Gasteiger partial charge in [0.15, 0.2) is 4.87 Å². The van der Waals surface area contributed by atoms with E-state index in [1.807, 2.05) is 42.2 Å². The van der Waals surface area contributed by atoms with Gasteiger partial charge in [0.05, 0.1) is 23.9 Å². The fourth-order valence-corrected chi connectivity index (χ4v) is 6.68. The molecule has 1 aliphatic carbocycles. The van der Waals surface area contributed by atoms with Crippen LogP contribution in [0.4, 0.5) is 5.69 Å². The maximum Gasteiger partial charge on any atom is 0.268 e. The molecule has 1 spiro atoms. The third-order valence-corrected chi connectivity index (χ3v) is 8.14. The number of aryl methyl sites for hydroxylation is 1. The van der Waals surface area contributed by atoms with Gasteiger partial charge in [0.2, 0.25) is 5.91 Å². The molecule has 0 unspecified atom stereocenters. The Labute approximate surface area is 187 Å². The highest BCUT2D eigenvalue weighted by molar-refractivity contribution is 8.01. The van der Waals surface area contributed by atoms with Crippen molar-refractivity contribution < 1.29 is 9.59 Å². The van der Waals surface area contributed by atoms with Gasteiger partial charge in [-0.25, -0.2) is 0 Å². The SMILES string of the molecule is Cc1ccc2c(c1)[C@@]1(SCCN1C(=O)C1CCCC1)C(=O)N2Cc1cccc(C#N)c1. The Morgan fingerprint density at radius 1 is 1.23 bits per heavy atom. The molecule has 5 rings (SSSR count). The van der Waals surface area contributed by atoms with Crippen LogP contribution in [0.3, 0.4) is 0 Å². The summed E-state index contributed by atoms with van der Waals surface area (Å²) in [7, 11) is 0. The summed E-state index contributed by atoms with van der Waals surface area (Å²) in [4.78, 5) is 30.3. The molecule has 2 fully saturated rings. The number of carbonyl (C=O) groups excluding carboxylic acids is 2. The van der Waals surface area contributed by atoms with Crippen LogP contribution >= 0.6 is 11.8 Å². The fourth-order valence-electron chi connectivity index (χ4n) is 5.22. The molecule has 0 N–H and O–H groups in total. The summed E-state index contributed by atoms with van der Waals surface area (Å²) < 4.78 is 0. The fraction of sp³-hybridized carbons (Fsp3) is 0.400. The number of fused-ring (bicyclic) bond motifs is 2. The second-order valence-corrected chi connectivity index (χ2v) is 9.98. The monoisotopic (exact) mass is 431 g/mol. The normalized spacial score (nSPS) is 22.9. The summed E-state index contributed by atoms with van der Waals surface area (Å²) >= 11 is 1.59. The molecular formula is C25H25N3O2S. The molecule has 31 heavy (non-hydrogen) atoms. The molecule has 0 bridgehead atoms. The summed E-state index contributed by atoms with van der Waals surface area (Å²) in [6, 6.07) is 15.7. The minimum Gasteiger partial charge on any atom is -0.315 e. The van der Waals surface area contributed by atoms with Crippen molar-refractivity contribution in [3.63, 3.8) is 0 Å². The van der Waals surface area contributed by atoms with Gasteiger partial charge in [-0.1, -0.05) is 42.7 Å². The summed E-state index contributed by atoms with van der Waals surface area (Å²) in [6.45, 7) is 3.02. The summed E-state index contributed by atoms with van der Waals surface area (Å²) in [5.41, 5.74) is 4.38. The number of amides is 2. The van der Waals surface area contributed by atoms with Gasteiger partial charge in [0.1, 0.15) is 0 Å². The van der Waals surface area contributed by atoms with Gasteiger partial charge in [0, 0.05) is 23.8 Å². The van der Waals surface area contributed by atoms with Crippen molar-refractivity contribution in [2.75, 3.05) is 17.2 Å². The molecule has 2 amide bonds. The number of nitriles is 1. The van der Waals surface area contributed by atoms with E-state index >= 15 is 0 Å². The number of benzene rings is 2. The molecular weight excluding hydrogens is 406 g/mol. The van der Waals surface area contributed by atoms with Crippen LogP contribution in [-0.2, 0) is 21.0 Å². The van der Waals surface area contributed by atoms with Crippen molar-refractivity contribution in [1.29, 1.82) is 5.26 Å². The molecule has 5 nitrogen and oxygen atoms in total. The lowest BCUT2D eigenvalue weighted by Gasteiger charge is -2.35. The molecule has 2 heterocycles. The van der Waals surface area contributed by atoms with Gasteiger partial charge in [-0.2, -0.15) is 5.26 Å². The Balaban J connectivity index is 1.57. The van der Waals surface area contributed by atoms with Crippen molar-refractivity contribution in [3.8, 4) is 6.07 Å². The Bertz CT molecular complexity index is 1100. The first kappa shape index (κ1) is 20.1.